The van der Waals surface area contributed by atoms with Crippen molar-refractivity contribution in [3.05, 3.63) is 48.0 Å². The predicted octanol–water partition coefficient (Wildman–Crippen LogP) is 2.66. The molecule has 1 heterocycles. The quantitative estimate of drug-likeness (QED) is 0.862. The van der Waals surface area contributed by atoms with Crippen molar-refractivity contribution in [1.29, 1.82) is 0 Å². The van der Waals surface area contributed by atoms with Crippen LogP contribution in [0.25, 0.3) is 0 Å². The average Bonchev–Trinajstić information content (AvgIpc) is 2.34. The summed E-state index contributed by atoms with van der Waals surface area (Å²) in [5, 5.41) is 0.648. The maximum atomic E-state index is 12.7. The zero-order valence-electron chi connectivity index (χ0n) is 10.0. The highest BCUT2D eigenvalue weighted by atomic mass is 32.2. The third-order valence-electron chi connectivity index (χ3n) is 2.26. The lowest BCUT2D eigenvalue weighted by molar-refractivity contribution is 0.626. The molecule has 2 N–H and O–H groups in total. The van der Waals surface area contributed by atoms with Crippen LogP contribution in [0.1, 0.15) is 12.5 Å². The van der Waals surface area contributed by atoms with Gasteiger partial charge < -0.3 is 5.73 Å². The monoisotopic (exact) mass is 263 g/mol. The third kappa shape index (κ3) is 3.78. The number of rotatable bonds is 4. The Labute approximate surface area is 110 Å². The molecule has 1 aromatic carbocycles. The maximum absolute atomic E-state index is 12.7. The first kappa shape index (κ1) is 13.0. The molecule has 0 aliphatic heterocycles. The van der Waals surface area contributed by atoms with E-state index < -0.39 is 0 Å². The molecule has 0 fully saturated rings. The molecule has 1 unspecified atom stereocenters. The molecule has 2 aromatic rings. The Morgan fingerprint density at radius 1 is 1.22 bits per heavy atom. The summed E-state index contributed by atoms with van der Waals surface area (Å²) < 4.78 is 12.7. The van der Waals surface area contributed by atoms with E-state index in [4.69, 9.17) is 5.73 Å². The second kappa shape index (κ2) is 5.93. The Morgan fingerprint density at radius 3 is 2.39 bits per heavy atom. The molecular weight excluding hydrogens is 249 g/mol. The van der Waals surface area contributed by atoms with E-state index >= 15 is 0 Å². The molecule has 3 nitrogen and oxygen atoms in total. The maximum Gasteiger partial charge on any atom is 0.192 e. The van der Waals surface area contributed by atoms with Crippen LogP contribution in [0.15, 0.2) is 46.7 Å². The third-order valence-corrected chi connectivity index (χ3v) is 3.16. The summed E-state index contributed by atoms with van der Waals surface area (Å²) in [6.07, 6.45) is 4.33. The smallest absolute Gasteiger partial charge is 0.192 e. The van der Waals surface area contributed by atoms with Gasteiger partial charge in [0.1, 0.15) is 5.82 Å². The van der Waals surface area contributed by atoms with Crippen LogP contribution in [0.5, 0.6) is 0 Å². The SMILES string of the molecule is CC(N)Cc1cnc(Sc2ccc(F)cc2)nc1. The van der Waals surface area contributed by atoms with Crippen molar-refractivity contribution in [2.24, 2.45) is 5.73 Å². The fourth-order valence-electron chi connectivity index (χ4n) is 1.48. The van der Waals surface area contributed by atoms with Crippen LogP contribution in [0.3, 0.4) is 0 Å². The lowest BCUT2D eigenvalue weighted by Crippen LogP contribution is -2.17. The molecule has 0 aliphatic carbocycles. The summed E-state index contributed by atoms with van der Waals surface area (Å²) in [6, 6.07) is 6.36. The molecule has 94 valence electrons. The predicted molar refractivity (Wildman–Crippen MR) is 69.9 cm³/mol. The van der Waals surface area contributed by atoms with Gasteiger partial charge in [0, 0.05) is 23.3 Å². The number of aromatic nitrogens is 2. The topological polar surface area (TPSA) is 51.8 Å². The van der Waals surface area contributed by atoms with E-state index in [0.29, 0.717) is 5.16 Å². The molecule has 0 aliphatic rings. The summed E-state index contributed by atoms with van der Waals surface area (Å²) in [4.78, 5) is 9.42. The van der Waals surface area contributed by atoms with Gasteiger partial charge in [0.2, 0.25) is 0 Å². The second-order valence-corrected chi connectivity index (χ2v) is 5.15. The van der Waals surface area contributed by atoms with Crippen molar-refractivity contribution in [3.63, 3.8) is 0 Å². The molecule has 1 aromatic heterocycles. The number of nitrogens with zero attached hydrogens (tertiary/aromatic N) is 2. The number of halogens is 1. The normalized spacial score (nSPS) is 12.4. The molecule has 0 spiro atoms. The first-order valence-electron chi connectivity index (χ1n) is 5.63. The highest BCUT2D eigenvalue weighted by molar-refractivity contribution is 7.99. The molecule has 0 radical (unpaired) electrons. The Morgan fingerprint density at radius 2 is 1.83 bits per heavy atom. The van der Waals surface area contributed by atoms with Gasteiger partial charge in [-0.25, -0.2) is 14.4 Å². The van der Waals surface area contributed by atoms with Gasteiger partial charge in [0.15, 0.2) is 5.16 Å². The van der Waals surface area contributed by atoms with Crippen LogP contribution in [-0.4, -0.2) is 16.0 Å². The first-order valence-corrected chi connectivity index (χ1v) is 6.45. The van der Waals surface area contributed by atoms with Crippen molar-refractivity contribution in [1.82, 2.24) is 9.97 Å². The van der Waals surface area contributed by atoms with Crippen LogP contribution in [0.2, 0.25) is 0 Å². The highest BCUT2D eigenvalue weighted by Gasteiger charge is 2.03. The van der Waals surface area contributed by atoms with E-state index in [9.17, 15) is 4.39 Å². The second-order valence-electron chi connectivity index (χ2n) is 4.11. The van der Waals surface area contributed by atoms with Crippen LogP contribution in [-0.2, 0) is 6.42 Å². The van der Waals surface area contributed by atoms with Gasteiger partial charge in [-0.2, -0.15) is 0 Å². The van der Waals surface area contributed by atoms with Gasteiger partial charge >= 0.3 is 0 Å². The summed E-state index contributed by atoms with van der Waals surface area (Å²) >= 11 is 1.40. The van der Waals surface area contributed by atoms with Crippen LogP contribution >= 0.6 is 11.8 Å². The van der Waals surface area contributed by atoms with Crippen molar-refractivity contribution < 1.29 is 4.39 Å². The van der Waals surface area contributed by atoms with Gasteiger partial charge in [-0.3, -0.25) is 0 Å². The lowest BCUT2D eigenvalue weighted by Gasteiger charge is -2.05. The average molecular weight is 263 g/mol. The Bertz CT molecular complexity index is 497. The van der Waals surface area contributed by atoms with Crippen molar-refractivity contribution in [3.8, 4) is 0 Å². The van der Waals surface area contributed by atoms with Gasteiger partial charge in [0.25, 0.3) is 0 Å². The highest BCUT2D eigenvalue weighted by Crippen LogP contribution is 2.24. The molecule has 0 amide bonds. The van der Waals surface area contributed by atoms with E-state index in [1.165, 1.54) is 23.9 Å². The minimum atomic E-state index is -0.243. The van der Waals surface area contributed by atoms with Crippen LogP contribution < -0.4 is 5.73 Å². The van der Waals surface area contributed by atoms with E-state index in [0.717, 1.165) is 16.9 Å². The summed E-state index contributed by atoms with van der Waals surface area (Å²) in [5.74, 6) is -0.243. The fourth-order valence-corrected chi connectivity index (χ4v) is 2.17. The number of hydrogen-bond acceptors (Lipinski definition) is 4. The minimum absolute atomic E-state index is 0.101. The standard InChI is InChI=1S/C13H14FN3S/c1-9(15)6-10-7-16-13(17-8-10)18-12-4-2-11(14)3-5-12/h2-5,7-9H,6,15H2,1H3. The van der Waals surface area contributed by atoms with Crippen molar-refractivity contribution >= 4 is 11.8 Å². The zero-order valence-corrected chi connectivity index (χ0v) is 10.8. The minimum Gasteiger partial charge on any atom is -0.328 e. The fraction of sp³-hybridized carbons (Fsp3) is 0.231. The van der Waals surface area contributed by atoms with Gasteiger partial charge in [-0.15, -0.1) is 0 Å². The van der Waals surface area contributed by atoms with Gasteiger partial charge in [0.05, 0.1) is 0 Å². The summed E-state index contributed by atoms with van der Waals surface area (Å²) in [6.45, 7) is 1.95. The number of benzene rings is 1. The van der Waals surface area contributed by atoms with E-state index in [1.54, 1.807) is 24.5 Å². The van der Waals surface area contributed by atoms with Crippen LogP contribution in [0, 0.1) is 5.82 Å². The molecule has 5 heteroatoms. The largest absolute Gasteiger partial charge is 0.328 e. The van der Waals surface area contributed by atoms with Crippen molar-refractivity contribution in [2.75, 3.05) is 0 Å². The molecule has 18 heavy (non-hydrogen) atoms. The van der Waals surface area contributed by atoms with Crippen molar-refractivity contribution in [2.45, 2.75) is 29.4 Å². The zero-order chi connectivity index (χ0) is 13.0. The molecule has 1 atom stereocenters. The number of hydrogen-bond donors (Lipinski definition) is 1. The van der Waals surface area contributed by atoms with Gasteiger partial charge in [-0.05, 0) is 54.9 Å². The molecule has 0 saturated heterocycles. The van der Waals surface area contributed by atoms with E-state index in [2.05, 4.69) is 9.97 Å². The first-order chi connectivity index (χ1) is 8.63. The summed E-state index contributed by atoms with van der Waals surface area (Å²) in [7, 11) is 0. The molecular formula is C13H14FN3S. The van der Waals surface area contributed by atoms with E-state index in [-0.39, 0.29) is 11.9 Å². The van der Waals surface area contributed by atoms with E-state index in [1.807, 2.05) is 6.92 Å². The Kier molecular flexibility index (Phi) is 4.28. The molecule has 0 bridgehead atoms. The van der Waals surface area contributed by atoms with Gasteiger partial charge in [-0.1, -0.05) is 0 Å². The summed E-state index contributed by atoms with van der Waals surface area (Å²) in [5.41, 5.74) is 6.73. The van der Waals surface area contributed by atoms with Crippen LogP contribution in [0.4, 0.5) is 4.39 Å². The number of nitrogens with two attached hydrogens (primary N) is 1. The Balaban J connectivity index is 2.04. The molecule has 2 rings (SSSR count). The Hall–Kier alpha value is -1.46. The molecule has 0 saturated carbocycles. The lowest BCUT2D eigenvalue weighted by atomic mass is 10.1.